The van der Waals surface area contributed by atoms with E-state index in [1.54, 1.807) is 6.07 Å². The van der Waals surface area contributed by atoms with Crippen molar-refractivity contribution in [3.05, 3.63) is 44.1 Å². The van der Waals surface area contributed by atoms with Gasteiger partial charge < -0.3 is 19.9 Å². The second kappa shape index (κ2) is 7.96. The van der Waals surface area contributed by atoms with Crippen LogP contribution in [-0.2, 0) is 9.53 Å². The monoisotopic (exact) mass is 505 g/mol. The molecular weight excluding hydrogens is 485 g/mol. The number of methoxy groups -OCH3 is 1. The highest BCUT2D eigenvalue weighted by Crippen LogP contribution is 2.49. The maximum absolute atomic E-state index is 13.0. The van der Waals surface area contributed by atoms with Crippen molar-refractivity contribution >= 4 is 28.4 Å². The van der Waals surface area contributed by atoms with Crippen LogP contribution in [0.25, 0.3) is 0 Å². The van der Waals surface area contributed by atoms with E-state index < -0.39 is 5.92 Å². The fraction of sp³-hybridized carbons (Fsp3) is 0.381. The number of benzene rings is 1. The van der Waals surface area contributed by atoms with Crippen molar-refractivity contribution in [2.24, 2.45) is 11.1 Å². The number of ether oxygens (including phenoxy) is 3. The van der Waals surface area contributed by atoms with Gasteiger partial charge in [-0.25, -0.2) is 0 Å². The molecule has 0 bridgehead atoms. The molecule has 1 heterocycles. The number of hydrogen-bond acceptors (Lipinski definition) is 7. The minimum atomic E-state index is -0.639. The molecule has 0 saturated heterocycles. The second-order valence-corrected chi connectivity index (χ2v) is 8.85. The lowest BCUT2D eigenvalue weighted by Gasteiger charge is -2.37. The van der Waals surface area contributed by atoms with Crippen LogP contribution < -0.4 is 15.2 Å². The number of Topliss-reactive ketones (excluding diaryl/α,β-unsaturated/α-hetero) is 1. The molecule has 0 radical (unpaired) electrons. The molecule has 1 aromatic carbocycles. The van der Waals surface area contributed by atoms with Gasteiger partial charge in [0.2, 0.25) is 5.88 Å². The van der Waals surface area contributed by atoms with Crippen LogP contribution in [0.1, 0.15) is 38.2 Å². The summed E-state index contributed by atoms with van der Waals surface area (Å²) in [6.07, 6.45) is 0.920. The Labute approximate surface area is 182 Å². The Hall–Kier alpha value is -2.72. The molecule has 1 unspecified atom stereocenters. The highest BCUT2D eigenvalue weighted by atomic mass is 127. The number of nitrogens with zero attached hydrogens (tertiary/aromatic N) is 2. The second-order valence-electron chi connectivity index (χ2n) is 7.68. The van der Waals surface area contributed by atoms with Crippen LogP contribution >= 0.6 is 22.6 Å². The van der Waals surface area contributed by atoms with Crippen LogP contribution in [0.5, 0.6) is 11.5 Å². The molecule has 0 amide bonds. The third kappa shape index (κ3) is 3.90. The van der Waals surface area contributed by atoms with Crippen molar-refractivity contribution in [3.63, 3.8) is 0 Å². The summed E-state index contributed by atoms with van der Waals surface area (Å²) in [6, 6.07) is 7.57. The summed E-state index contributed by atoms with van der Waals surface area (Å²) < 4.78 is 17.3. The molecule has 29 heavy (non-hydrogen) atoms. The molecule has 0 fully saturated rings. The van der Waals surface area contributed by atoms with E-state index >= 15 is 0 Å². The van der Waals surface area contributed by atoms with Crippen molar-refractivity contribution in [2.75, 3.05) is 13.7 Å². The van der Waals surface area contributed by atoms with Gasteiger partial charge >= 0.3 is 0 Å². The van der Waals surface area contributed by atoms with Crippen LogP contribution in [-0.4, -0.2) is 19.5 Å². The van der Waals surface area contributed by atoms with Crippen molar-refractivity contribution in [1.82, 2.24) is 0 Å². The van der Waals surface area contributed by atoms with Gasteiger partial charge in [0.15, 0.2) is 23.9 Å². The highest BCUT2D eigenvalue weighted by molar-refractivity contribution is 14.1. The first-order valence-corrected chi connectivity index (χ1v) is 10.0. The maximum Gasteiger partial charge on any atom is 0.205 e. The van der Waals surface area contributed by atoms with E-state index in [-0.39, 0.29) is 29.3 Å². The molecule has 1 aromatic rings. The fourth-order valence-corrected chi connectivity index (χ4v) is 4.55. The first-order valence-electron chi connectivity index (χ1n) is 8.93. The average molecular weight is 505 g/mol. The molecule has 150 valence electrons. The minimum absolute atomic E-state index is 0.0144. The first-order chi connectivity index (χ1) is 13.7. The number of carbonyl (C=O) groups excluding carboxylic acids is 1. The highest BCUT2D eigenvalue weighted by Gasteiger charge is 2.43. The zero-order valence-electron chi connectivity index (χ0n) is 16.3. The van der Waals surface area contributed by atoms with Gasteiger partial charge in [-0.1, -0.05) is 13.8 Å². The number of rotatable bonds is 4. The van der Waals surface area contributed by atoms with Crippen LogP contribution in [0.3, 0.4) is 0 Å². The van der Waals surface area contributed by atoms with Crippen molar-refractivity contribution in [1.29, 1.82) is 10.5 Å². The molecule has 7 nitrogen and oxygen atoms in total. The summed E-state index contributed by atoms with van der Waals surface area (Å²) in [5, 5.41) is 18.5. The van der Waals surface area contributed by atoms with Crippen molar-refractivity contribution < 1.29 is 19.0 Å². The van der Waals surface area contributed by atoms with E-state index in [9.17, 15) is 10.1 Å². The van der Waals surface area contributed by atoms with Gasteiger partial charge in [-0.3, -0.25) is 4.79 Å². The zero-order valence-corrected chi connectivity index (χ0v) is 18.5. The van der Waals surface area contributed by atoms with Gasteiger partial charge in [-0.05, 0) is 45.7 Å². The van der Waals surface area contributed by atoms with Gasteiger partial charge in [0.25, 0.3) is 0 Å². The summed E-state index contributed by atoms with van der Waals surface area (Å²) in [7, 11) is 1.49. The van der Waals surface area contributed by atoms with Gasteiger partial charge in [0.1, 0.15) is 23.5 Å². The first kappa shape index (κ1) is 21.0. The molecule has 0 spiro atoms. The number of nitriles is 2. The molecule has 0 aromatic heterocycles. The Morgan fingerprint density at radius 3 is 2.69 bits per heavy atom. The average Bonchev–Trinajstić information content (AvgIpc) is 2.64. The van der Waals surface area contributed by atoms with Crippen molar-refractivity contribution in [3.8, 4) is 23.6 Å². The number of nitrogens with two attached hydrogens (primary N) is 1. The third-order valence-corrected chi connectivity index (χ3v) is 5.74. The van der Waals surface area contributed by atoms with Crippen LogP contribution in [0, 0.1) is 31.6 Å². The number of halogens is 1. The van der Waals surface area contributed by atoms with E-state index in [1.807, 2.05) is 26.0 Å². The summed E-state index contributed by atoms with van der Waals surface area (Å²) in [4.78, 5) is 13.0. The third-order valence-electron chi connectivity index (χ3n) is 4.94. The topological polar surface area (TPSA) is 118 Å². The standard InChI is InChI=1S/C21H20IN3O4/c1-21(2)8-14(26)18-16(9-21)29-20(25)12(10-24)17(18)11-6-13(22)19(28-5-4-23)15(7-11)27-3/h6-7,17H,5,8-9,25H2,1-3H3. The predicted molar refractivity (Wildman–Crippen MR) is 113 cm³/mol. The molecule has 8 heteroatoms. The van der Waals surface area contributed by atoms with E-state index in [4.69, 9.17) is 25.2 Å². The summed E-state index contributed by atoms with van der Waals surface area (Å²) in [5.74, 6) is 0.689. The largest absolute Gasteiger partial charge is 0.493 e. The molecular formula is C21H20IN3O4. The SMILES string of the molecule is COc1cc(C2C(C#N)=C(N)OC3=C2C(=O)CC(C)(C)C3)cc(I)c1OCC#N. The quantitative estimate of drug-likeness (QED) is 0.621. The smallest absolute Gasteiger partial charge is 0.205 e. The van der Waals surface area contributed by atoms with Crippen LogP contribution in [0.2, 0.25) is 0 Å². The molecule has 2 aliphatic rings. The molecule has 0 saturated carbocycles. The number of allylic oxidation sites excluding steroid dienone is 3. The Balaban J connectivity index is 2.19. The Morgan fingerprint density at radius 2 is 2.07 bits per heavy atom. The number of hydrogen-bond donors (Lipinski definition) is 1. The van der Waals surface area contributed by atoms with Gasteiger partial charge in [-0.2, -0.15) is 10.5 Å². The molecule has 1 atom stereocenters. The summed E-state index contributed by atoms with van der Waals surface area (Å²) in [6.45, 7) is 3.88. The Morgan fingerprint density at radius 1 is 1.34 bits per heavy atom. The van der Waals surface area contributed by atoms with Crippen molar-refractivity contribution in [2.45, 2.75) is 32.6 Å². The molecule has 1 aliphatic heterocycles. The lowest BCUT2D eigenvalue weighted by atomic mass is 9.70. The minimum Gasteiger partial charge on any atom is -0.493 e. The lowest BCUT2D eigenvalue weighted by molar-refractivity contribution is -0.119. The van der Waals surface area contributed by atoms with E-state index in [0.29, 0.717) is 44.8 Å². The lowest BCUT2D eigenvalue weighted by Crippen LogP contribution is -2.33. The van der Waals surface area contributed by atoms with E-state index in [2.05, 4.69) is 28.7 Å². The van der Waals surface area contributed by atoms with E-state index in [0.717, 1.165) is 0 Å². The molecule has 3 rings (SSSR count). The molecule has 1 aliphatic carbocycles. The zero-order chi connectivity index (χ0) is 21.3. The van der Waals surface area contributed by atoms with Crippen LogP contribution in [0.15, 0.2) is 34.9 Å². The number of carbonyl (C=O) groups is 1. The summed E-state index contributed by atoms with van der Waals surface area (Å²) in [5.41, 5.74) is 7.16. The van der Waals surface area contributed by atoms with E-state index in [1.165, 1.54) is 7.11 Å². The number of ketones is 1. The Kier molecular flexibility index (Phi) is 5.76. The van der Waals surface area contributed by atoms with Gasteiger partial charge in [-0.15, -0.1) is 0 Å². The normalized spacial score (nSPS) is 20.3. The molecule has 2 N–H and O–H groups in total. The maximum atomic E-state index is 13.0. The fourth-order valence-electron chi connectivity index (χ4n) is 3.77. The van der Waals surface area contributed by atoms with Crippen LogP contribution in [0.4, 0.5) is 0 Å². The predicted octanol–water partition coefficient (Wildman–Crippen LogP) is 3.65. The van der Waals surface area contributed by atoms with Gasteiger partial charge in [0, 0.05) is 18.4 Å². The summed E-state index contributed by atoms with van der Waals surface area (Å²) >= 11 is 2.08. The Bertz CT molecular complexity index is 1030. The van der Waals surface area contributed by atoms with Gasteiger partial charge in [0.05, 0.1) is 16.6 Å².